The van der Waals surface area contributed by atoms with E-state index in [1.807, 2.05) is 0 Å². The number of phenols is 1. The van der Waals surface area contributed by atoms with Crippen LogP contribution in [0.2, 0.25) is 0 Å². The fourth-order valence-corrected chi connectivity index (χ4v) is 1.22. The quantitative estimate of drug-likeness (QED) is 0.732. The highest BCUT2D eigenvalue weighted by Crippen LogP contribution is 2.25. The highest BCUT2D eigenvalue weighted by Gasteiger charge is 2.09. The number of hydrogen-bond acceptors (Lipinski definition) is 4. The number of carbonyl (C=O) groups excluding carboxylic acids is 1. The molecule has 0 fully saturated rings. The Hall–Kier alpha value is -2.10. The van der Waals surface area contributed by atoms with Crippen LogP contribution in [0.4, 0.5) is 0 Å². The van der Waals surface area contributed by atoms with Crippen molar-refractivity contribution in [2.24, 2.45) is 0 Å². The maximum absolute atomic E-state index is 10.6. The third-order valence-corrected chi connectivity index (χ3v) is 1.86. The third kappa shape index (κ3) is 1.37. The van der Waals surface area contributed by atoms with Gasteiger partial charge in [-0.15, -0.1) is 0 Å². The van der Waals surface area contributed by atoms with Crippen molar-refractivity contribution in [2.75, 3.05) is 0 Å². The number of phenolic OH excluding ortho intramolecular Hbond substituents is 1. The van der Waals surface area contributed by atoms with Gasteiger partial charge in [-0.1, -0.05) is 17.3 Å². The minimum Gasteiger partial charge on any atom is -0.508 e. The summed E-state index contributed by atoms with van der Waals surface area (Å²) >= 11 is 0. The van der Waals surface area contributed by atoms with Crippen LogP contribution in [0.25, 0.3) is 11.1 Å². The molecule has 0 radical (unpaired) electrons. The monoisotopic (exact) mass is 189 g/mol. The molecule has 0 aliphatic heterocycles. The first-order chi connectivity index (χ1) is 6.81. The van der Waals surface area contributed by atoms with Gasteiger partial charge in [-0.05, 0) is 17.7 Å². The summed E-state index contributed by atoms with van der Waals surface area (Å²) in [6.07, 6.45) is 2.03. The van der Waals surface area contributed by atoms with Crippen molar-refractivity contribution in [3.8, 4) is 16.9 Å². The predicted molar refractivity (Wildman–Crippen MR) is 49.0 cm³/mol. The van der Waals surface area contributed by atoms with E-state index in [4.69, 9.17) is 4.52 Å². The summed E-state index contributed by atoms with van der Waals surface area (Å²) in [7, 11) is 0. The van der Waals surface area contributed by atoms with Crippen LogP contribution >= 0.6 is 0 Å². The molecule has 2 rings (SSSR count). The SMILES string of the molecule is O=Cc1oncc1-c1cccc(O)c1. The van der Waals surface area contributed by atoms with Gasteiger partial charge in [-0.3, -0.25) is 4.79 Å². The van der Waals surface area contributed by atoms with Gasteiger partial charge < -0.3 is 9.63 Å². The molecule has 4 heteroatoms. The minimum atomic E-state index is 0.139. The number of rotatable bonds is 2. The summed E-state index contributed by atoms with van der Waals surface area (Å²) in [5, 5.41) is 12.7. The molecular formula is C10H7NO3. The smallest absolute Gasteiger partial charge is 0.207 e. The first-order valence-electron chi connectivity index (χ1n) is 4.00. The summed E-state index contributed by atoms with van der Waals surface area (Å²) < 4.78 is 4.71. The molecule has 1 aromatic heterocycles. The minimum absolute atomic E-state index is 0.139. The number of hydrogen-bond donors (Lipinski definition) is 1. The lowest BCUT2D eigenvalue weighted by Gasteiger charge is -1.97. The maximum Gasteiger partial charge on any atom is 0.207 e. The maximum atomic E-state index is 10.6. The molecule has 0 spiro atoms. The van der Waals surface area contributed by atoms with E-state index < -0.39 is 0 Å². The van der Waals surface area contributed by atoms with Gasteiger partial charge >= 0.3 is 0 Å². The van der Waals surface area contributed by atoms with Gasteiger partial charge in [-0.25, -0.2) is 0 Å². The van der Waals surface area contributed by atoms with Crippen molar-refractivity contribution in [2.45, 2.75) is 0 Å². The van der Waals surface area contributed by atoms with Crippen LogP contribution in [0.1, 0.15) is 10.6 Å². The van der Waals surface area contributed by atoms with Crippen LogP contribution in [0.3, 0.4) is 0 Å². The molecule has 0 bridgehead atoms. The summed E-state index contributed by atoms with van der Waals surface area (Å²) in [6, 6.07) is 6.54. The van der Waals surface area contributed by atoms with E-state index in [9.17, 15) is 9.90 Å². The predicted octanol–water partition coefficient (Wildman–Crippen LogP) is 1.86. The van der Waals surface area contributed by atoms with Gasteiger partial charge in [0.15, 0.2) is 6.29 Å². The van der Waals surface area contributed by atoms with Crippen molar-refractivity contribution in [1.29, 1.82) is 0 Å². The van der Waals surface area contributed by atoms with Crippen LogP contribution in [0, 0.1) is 0 Å². The standard InChI is InChI=1S/C10H7NO3/c12-6-10-9(5-11-14-10)7-2-1-3-8(13)4-7/h1-6,13H. The Bertz CT molecular complexity index is 462. The third-order valence-electron chi connectivity index (χ3n) is 1.86. The van der Waals surface area contributed by atoms with E-state index in [0.29, 0.717) is 17.4 Å². The Kier molecular flexibility index (Phi) is 2.02. The Balaban J connectivity index is 2.54. The van der Waals surface area contributed by atoms with E-state index in [2.05, 4.69) is 5.16 Å². The zero-order valence-electron chi connectivity index (χ0n) is 7.18. The van der Waals surface area contributed by atoms with E-state index in [1.165, 1.54) is 6.20 Å². The van der Waals surface area contributed by atoms with Crippen molar-refractivity contribution < 1.29 is 14.4 Å². The van der Waals surface area contributed by atoms with E-state index in [0.717, 1.165) is 0 Å². The summed E-state index contributed by atoms with van der Waals surface area (Å²) in [5.41, 5.74) is 1.28. The average Bonchev–Trinajstić information content (AvgIpc) is 2.65. The molecule has 0 amide bonds. The molecule has 1 N–H and O–H groups in total. The topological polar surface area (TPSA) is 63.3 Å². The molecule has 4 nitrogen and oxygen atoms in total. The van der Waals surface area contributed by atoms with Crippen molar-refractivity contribution >= 4 is 6.29 Å². The van der Waals surface area contributed by atoms with Crippen LogP contribution in [0.5, 0.6) is 5.75 Å². The molecule has 70 valence electrons. The molecule has 0 saturated heterocycles. The lowest BCUT2D eigenvalue weighted by atomic mass is 10.1. The molecule has 0 atom stereocenters. The lowest BCUT2D eigenvalue weighted by molar-refractivity contribution is 0.109. The molecule has 1 aromatic carbocycles. The van der Waals surface area contributed by atoms with E-state index in [-0.39, 0.29) is 11.5 Å². The molecule has 0 aliphatic rings. The van der Waals surface area contributed by atoms with E-state index in [1.54, 1.807) is 24.3 Å². The zero-order valence-corrected chi connectivity index (χ0v) is 7.18. The van der Waals surface area contributed by atoms with Crippen molar-refractivity contribution in [3.63, 3.8) is 0 Å². The van der Waals surface area contributed by atoms with Crippen LogP contribution in [-0.2, 0) is 0 Å². The fraction of sp³-hybridized carbons (Fsp3) is 0. The first-order valence-corrected chi connectivity index (χ1v) is 4.00. The second-order valence-electron chi connectivity index (χ2n) is 2.77. The summed E-state index contributed by atoms with van der Waals surface area (Å²) in [6.45, 7) is 0. The fourth-order valence-electron chi connectivity index (χ4n) is 1.22. The number of nitrogens with zero attached hydrogens (tertiary/aromatic N) is 1. The average molecular weight is 189 g/mol. The van der Waals surface area contributed by atoms with Crippen molar-refractivity contribution in [1.82, 2.24) is 5.16 Å². The number of carbonyl (C=O) groups is 1. The van der Waals surface area contributed by atoms with Gasteiger partial charge in [0.1, 0.15) is 5.75 Å². The molecule has 0 aliphatic carbocycles. The number of aromatic nitrogens is 1. The normalized spacial score (nSPS) is 10.0. The van der Waals surface area contributed by atoms with Gasteiger partial charge in [0, 0.05) is 0 Å². The highest BCUT2D eigenvalue weighted by atomic mass is 16.5. The van der Waals surface area contributed by atoms with Crippen LogP contribution in [-0.4, -0.2) is 16.5 Å². The molecule has 2 aromatic rings. The number of aldehydes is 1. The van der Waals surface area contributed by atoms with Crippen molar-refractivity contribution in [3.05, 3.63) is 36.2 Å². The van der Waals surface area contributed by atoms with Crippen LogP contribution < -0.4 is 0 Å². The van der Waals surface area contributed by atoms with Gasteiger partial charge in [0.05, 0.1) is 11.8 Å². The first kappa shape index (κ1) is 8.50. The number of aromatic hydroxyl groups is 1. The van der Waals surface area contributed by atoms with E-state index >= 15 is 0 Å². The second kappa shape index (κ2) is 3.33. The zero-order chi connectivity index (χ0) is 9.97. The Morgan fingerprint density at radius 3 is 3.00 bits per heavy atom. The van der Waals surface area contributed by atoms with Gasteiger partial charge in [0.2, 0.25) is 5.76 Å². The number of benzene rings is 1. The van der Waals surface area contributed by atoms with Crippen LogP contribution in [0.15, 0.2) is 35.0 Å². The molecule has 0 unspecified atom stereocenters. The largest absolute Gasteiger partial charge is 0.508 e. The molecule has 14 heavy (non-hydrogen) atoms. The molecule has 0 saturated carbocycles. The summed E-state index contributed by atoms with van der Waals surface area (Å²) in [4.78, 5) is 10.6. The Morgan fingerprint density at radius 2 is 2.29 bits per heavy atom. The van der Waals surface area contributed by atoms with Gasteiger partial charge in [0.25, 0.3) is 0 Å². The summed E-state index contributed by atoms with van der Waals surface area (Å²) in [5.74, 6) is 0.302. The lowest BCUT2D eigenvalue weighted by Crippen LogP contribution is -1.80. The molecular weight excluding hydrogens is 182 g/mol. The second-order valence-corrected chi connectivity index (χ2v) is 2.77. The molecule has 1 heterocycles. The van der Waals surface area contributed by atoms with Gasteiger partial charge in [-0.2, -0.15) is 0 Å². The highest BCUT2D eigenvalue weighted by molar-refractivity contribution is 5.83. The Morgan fingerprint density at radius 1 is 1.43 bits per heavy atom. The Labute approximate surface area is 79.8 Å².